The summed E-state index contributed by atoms with van der Waals surface area (Å²) in [4.78, 5) is 0. The van der Waals surface area contributed by atoms with Crippen molar-refractivity contribution in [3.8, 4) is 5.75 Å². The molecule has 114 valence electrons. The van der Waals surface area contributed by atoms with Crippen molar-refractivity contribution in [3.63, 3.8) is 0 Å². The van der Waals surface area contributed by atoms with E-state index >= 15 is 0 Å². The molecule has 1 aromatic carbocycles. The summed E-state index contributed by atoms with van der Waals surface area (Å²) in [5.41, 5.74) is 0.843. The fraction of sp³-hybridized carbons (Fsp3) is 0.625. The molecule has 0 spiro atoms. The van der Waals surface area contributed by atoms with E-state index in [2.05, 4.69) is 19.2 Å². The topological polar surface area (TPSA) is 30.5 Å². The summed E-state index contributed by atoms with van der Waals surface area (Å²) in [5, 5.41) is 3.30. The van der Waals surface area contributed by atoms with Crippen molar-refractivity contribution < 1.29 is 13.9 Å². The maximum atomic E-state index is 13.8. The average Bonchev–Trinajstić information content (AvgIpc) is 2.36. The first-order valence-electron chi connectivity index (χ1n) is 7.23. The van der Waals surface area contributed by atoms with Crippen LogP contribution >= 0.6 is 0 Å². The van der Waals surface area contributed by atoms with Crippen LogP contribution < -0.4 is 10.1 Å². The van der Waals surface area contributed by atoms with Crippen molar-refractivity contribution in [3.05, 3.63) is 29.6 Å². The fourth-order valence-corrected chi connectivity index (χ4v) is 1.78. The number of halogens is 1. The lowest BCUT2D eigenvalue weighted by atomic mass is 10.1. The van der Waals surface area contributed by atoms with Crippen molar-refractivity contribution >= 4 is 0 Å². The van der Waals surface area contributed by atoms with E-state index in [1.54, 1.807) is 6.07 Å². The summed E-state index contributed by atoms with van der Waals surface area (Å²) in [6, 6.07) is 5.01. The molecule has 0 unspecified atom stereocenters. The van der Waals surface area contributed by atoms with Crippen LogP contribution in [-0.4, -0.2) is 25.9 Å². The van der Waals surface area contributed by atoms with Gasteiger partial charge < -0.3 is 14.8 Å². The van der Waals surface area contributed by atoms with Gasteiger partial charge in [0.25, 0.3) is 0 Å². The highest BCUT2D eigenvalue weighted by atomic mass is 19.1. The molecule has 0 heterocycles. The molecule has 0 saturated carbocycles. The lowest BCUT2D eigenvalue weighted by molar-refractivity contribution is 0.0542. The van der Waals surface area contributed by atoms with Crippen molar-refractivity contribution in [1.29, 1.82) is 0 Å². The van der Waals surface area contributed by atoms with Gasteiger partial charge in [-0.1, -0.05) is 26.0 Å². The largest absolute Gasteiger partial charge is 0.488 e. The molecule has 4 heteroatoms. The molecule has 1 N–H and O–H groups in total. The van der Waals surface area contributed by atoms with E-state index in [0.717, 1.165) is 12.1 Å². The molecule has 0 bridgehead atoms. The van der Waals surface area contributed by atoms with Crippen LogP contribution in [0.1, 0.15) is 33.3 Å². The SMILES string of the molecule is CC(C)CNCc1cccc(F)c1OCCOC(C)C. The monoisotopic (exact) mass is 283 g/mol. The Labute approximate surface area is 121 Å². The van der Waals surface area contributed by atoms with E-state index in [0.29, 0.717) is 31.4 Å². The number of benzene rings is 1. The molecule has 0 saturated heterocycles. The standard InChI is InChI=1S/C16H26FNO2/c1-12(2)10-18-11-14-6-5-7-15(17)16(14)20-9-8-19-13(3)4/h5-7,12-13,18H,8-11H2,1-4H3. The van der Waals surface area contributed by atoms with Crippen LogP contribution in [0.2, 0.25) is 0 Å². The number of hydrogen-bond donors (Lipinski definition) is 1. The van der Waals surface area contributed by atoms with E-state index in [1.165, 1.54) is 6.07 Å². The Balaban J connectivity index is 2.54. The summed E-state index contributed by atoms with van der Waals surface area (Å²) in [6.45, 7) is 10.5. The van der Waals surface area contributed by atoms with Crippen LogP contribution in [0.4, 0.5) is 4.39 Å². The zero-order valence-corrected chi connectivity index (χ0v) is 12.9. The van der Waals surface area contributed by atoms with Crippen LogP contribution in [0.3, 0.4) is 0 Å². The summed E-state index contributed by atoms with van der Waals surface area (Å²) in [5.74, 6) is 0.571. The number of ether oxygens (including phenoxy) is 2. The Kier molecular flexibility index (Phi) is 7.55. The number of para-hydroxylation sites is 1. The second kappa shape index (κ2) is 8.93. The van der Waals surface area contributed by atoms with E-state index in [4.69, 9.17) is 9.47 Å². The third-order valence-corrected chi connectivity index (χ3v) is 2.70. The predicted molar refractivity (Wildman–Crippen MR) is 79.5 cm³/mol. The average molecular weight is 283 g/mol. The molecule has 1 aromatic rings. The van der Waals surface area contributed by atoms with Crippen molar-refractivity contribution in [2.45, 2.75) is 40.3 Å². The molecule has 0 atom stereocenters. The van der Waals surface area contributed by atoms with Crippen LogP contribution in [0.5, 0.6) is 5.75 Å². The van der Waals surface area contributed by atoms with Gasteiger partial charge in [-0.3, -0.25) is 0 Å². The maximum Gasteiger partial charge on any atom is 0.165 e. The second-order valence-corrected chi connectivity index (χ2v) is 5.52. The lowest BCUT2D eigenvalue weighted by Gasteiger charge is -2.14. The minimum atomic E-state index is -0.321. The van der Waals surface area contributed by atoms with Crippen molar-refractivity contribution in [1.82, 2.24) is 5.32 Å². The summed E-state index contributed by atoms with van der Waals surface area (Å²) in [7, 11) is 0. The first-order chi connectivity index (χ1) is 9.50. The van der Waals surface area contributed by atoms with Crippen LogP contribution in [0.25, 0.3) is 0 Å². The quantitative estimate of drug-likeness (QED) is 0.705. The summed E-state index contributed by atoms with van der Waals surface area (Å²) >= 11 is 0. The molecule has 0 aliphatic carbocycles. The van der Waals surface area contributed by atoms with E-state index < -0.39 is 0 Å². The Morgan fingerprint density at radius 3 is 2.55 bits per heavy atom. The summed E-state index contributed by atoms with van der Waals surface area (Å²) < 4.78 is 24.8. The zero-order valence-electron chi connectivity index (χ0n) is 12.9. The lowest BCUT2D eigenvalue weighted by Crippen LogP contribution is -2.20. The second-order valence-electron chi connectivity index (χ2n) is 5.52. The zero-order chi connectivity index (χ0) is 15.0. The van der Waals surface area contributed by atoms with E-state index in [1.807, 2.05) is 19.9 Å². The fourth-order valence-electron chi connectivity index (χ4n) is 1.78. The molecular weight excluding hydrogens is 257 g/mol. The first kappa shape index (κ1) is 16.9. The van der Waals surface area contributed by atoms with Gasteiger partial charge in [-0.25, -0.2) is 4.39 Å². The third-order valence-electron chi connectivity index (χ3n) is 2.70. The van der Waals surface area contributed by atoms with Gasteiger partial charge in [-0.15, -0.1) is 0 Å². The number of nitrogens with one attached hydrogen (secondary N) is 1. The molecule has 0 aromatic heterocycles. The highest BCUT2D eigenvalue weighted by Gasteiger charge is 2.10. The smallest absolute Gasteiger partial charge is 0.165 e. The van der Waals surface area contributed by atoms with Gasteiger partial charge in [-0.2, -0.15) is 0 Å². The van der Waals surface area contributed by atoms with Gasteiger partial charge in [0, 0.05) is 12.1 Å². The molecule has 1 rings (SSSR count). The van der Waals surface area contributed by atoms with E-state index in [-0.39, 0.29) is 11.9 Å². The van der Waals surface area contributed by atoms with Crippen LogP contribution in [0, 0.1) is 11.7 Å². The van der Waals surface area contributed by atoms with E-state index in [9.17, 15) is 4.39 Å². The Morgan fingerprint density at radius 2 is 1.90 bits per heavy atom. The van der Waals surface area contributed by atoms with Crippen molar-refractivity contribution in [2.24, 2.45) is 5.92 Å². The molecule has 0 amide bonds. The molecule has 20 heavy (non-hydrogen) atoms. The Bertz CT molecular complexity index is 394. The normalized spacial score (nSPS) is 11.3. The molecule has 0 fully saturated rings. The molecule has 3 nitrogen and oxygen atoms in total. The number of hydrogen-bond acceptors (Lipinski definition) is 3. The van der Waals surface area contributed by atoms with Crippen LogP contribution in [0.15, 0.2) is 18.2 Å². The van der Waals surface area contributed by atoms with Gasteiger partial charge in [0.15, 0.2) is 11.6 Å². The first-order valence-corrected chi connectivity index (χ1v) is 7.23. The maximum absolute atomic E-state index is 13.8. The van der Waals surface area contributed by atoms with Crippen LogP contribution in [-0.2, 0) is 11.3 Å². The highest BCUT2D eigenvalue weighted by Crippen LogP contribution is 2.22. The van der Waals surface area contributed by atoms with Gasteiger partial charge in [0.05, 0.1) is 12.7 Å². The number of rotatable bonds is 9. The molecule has 0 aliphatic heterocycles. The minimum Gasteiger partial charge on any atom is -0.488 e. The molecular formula is C16H26FNO2. The van der Waals surface area contributed by atoms with Gasteiger partial charge >= 0.3 is 0 Å². The Morgan fingerprint density at radius 1 is 1.15 bits per heavy atom. The van der Waals surface area contributed by atoms with Gasteiger partial charge in [0.2, 0.25) is 0 Å². The Hall–Kier alpha value is -1.13. The molecule has 0 radical (unpaired) electrons. The summed E-state index contributed by atoms with van der Waals surface area (Å²) in [6.07, 6.45) is 0.159. The van der Waals surface area contributed by atoms with Crippen molar-refractivity contribution in [2.75, 3.05) is 19.8 Å². The third kappa shape index (κ3) is 6.35. The van der Waals surface area contributed by atoms with Gasteiger partial charge in [0.1, 0.15) is 6.61 Å². The predicted octanol–water partition coefficient (Wildman–Crippen LogP) is 3.38. The van der Waals surface area contributed by atoms with Gasteiger partial charge in [-0.05, 0) is 32.4 Å². The molecule has 0 aliphatic rings. The minimum absolute atomic E-state index is 0.159. The highest BCUT2D eigenvalue weighted by molar-refractivity contribution is 5.34.